The smallest absolute Gasteiger partial charge is 0.267 e. The summed E-state index contributed by atoms with van der Waals surface area (Å²) in [6.45, 7) is 4.80. The van der Waals surface area contributed by atoms with Gasteiger partial charge in [-0.05, 0) is 43.0 Å². The minimum absolute atomic E-state index is 0.0658. The van der Waals surface area contributed by atoms with Gasteiger partial charge in [-0.2, -0.15) is 0 Å². The summed E-state index contributed by atoms with van der Waals surface area (Å²) in [5, 5.41) is 6.94. The molecule has 1 fully saturated rings. The van der Waals surface area contributed by atoms with Gasteiger partial charge in [-0.1, -0.05) is 26.7 Å². The van der Waals surface area contributed by atoms with Crippen molar-refractivity contribution in [2.75, 3.05) is 11.9 Å². The highest BCUT2D eigenvalue weighted by atomic mass is 16.2. The molecular weight excluding hydrogens is 314 g/mol. The number of benzene rings is 1. The summed E-state index contributed by atoms with van der Waals surface area (Å²) in [6.07, 6.45) is 4.26. The first kappa shape index (κ1) is 17.5. The van der Waals surface area contributed by atoms with Crippen LogP contribution in [0, 0.1) is 11.8 Å². The molecule has 0 saturated heterocycles. The van der Waals surface area contributed by atoms with Crippen molar-refractivity contribution in [3.05, 3.63) is 30.0 Å². The monoisotopic (exact) mass is 341 g/mol. The van der Waals surface area contributed by atoms with Crippen LogP contribution in [0.5, 0.6) is 0 Å². The van der Waals surface area contributed by atoms with Crippen molar-refractivity contribution in [1.82, 2.24) is 9.88 Å². The van der Waals surface area contributed by atoms with Gasteiger partial charge in [-0.25, -0.2) is 0 Å². The second-order valence-corrected chi connectivity index (χ2v) is 7.44. The second kappa shape index (κ2) is 7.30. The summed E-state index contributed by atoms with van der Waals surface area (Å²) in [5.41, 5.74) is 2.41. The molecular formula is C20H27N3O2. The van der Waals surface area contributed by atoms with Crippen LogP contribution in [-0.4, -0.2) is 22.9 Å². The van der Waals surface area contributed by atoms with E-state index in [0.29, 0.717) is 18.2 Å². The van der Waals surface area contributed by atoms with Gasteiger partial charge in [0.15, 0.2) is 0 Å². The molecule has 1 aromatic heterocycles. The fraction of sp³-hybridized carbons (Fsp3) is 0.500. The van der Waals surface area contributed by atoms with E-state index in [0.717, 1.165) is 42.3 Å². The third kappa shape index (κ3) is 3.86. The molecule has 5 nitrogen and oxygen atoms in total. The van der Waals surface area contributed by atoms with Crippen molar-refractivity contribution >= 4 is 28.4 Å². The molecule has 1 saturated carbocycles. The molecule has 2 amide bonds. The number of hydrogen-bond acceptors (Lipinski definition) is 2. The molecule has 1 aromatic carbocycles. The lowest BCUT2D eigenvalue weighted by Crippen LogP contribution is -2.28. The third-order valence-corrected chi connectivity index (χ3v) is 4.94. The number of nitrogens with zero attached hydrogens (tertiary/aromatic N) is 1. The zero-order valence-electron chi connectivity index (χ0n) is 15.3. The maximum atomic E-state index is 12.4. The second-order valence-electron chi connectivity index (χ2n) is 7.44. The van der Waals surface area contributed by atoms with Gasteiger partial charge >= 0.3 is 0 Å². The Labute approximate surface area is 148 Å². The highest BCUT2D eigenvalue weighted by Gasteiger charge is 2.22. The van der Waals surface area contributed by atoms with Crippen molar-refractivity contribution in [3.63, 3.8) is 0 Å². The lowest BCUT2D eigenvalue weighted by atomic mass is 10.1. The Bertz CT molecular complexity index is 786. The van der Waals surface area contributed by atoms with Crippen LogP contribution in [0.15, 0.2) is 24.3 Å². The molecule has 3 rings (SSSR count). The third-order valence-electron chi connectivity index (χ3n) is 4.94. The van der Waals surface area contributed by atoms with E-state index in [9.17, 15) is 9.59 Å². The Hall–Kier alpha value is -2.30. The quantitative estimate of drug-likeness (QED) is 0.871. The van der Waals surface area contributed by atoms with Crippen molar-refractivity contribution in [3.8, 4) is 0 Å². The number of aryl methyl sites for hydroxylation is 1. The van der Waals surface area contributed by atoms with Crippen LogP contribution in [0.1, 0.15) is 50.0 Å². The zero-order valence-corrected chi connectivity index (χ0v) is 15.3. The molecule has 0 unspecified atom stereocenters. The highest BCUT2D eigenvalue weighted by molar-refractivity contribution is 6.00. The van der Waals surface area contributed by atoms with Crippen LogP contribution >= 0.6 is 0 Å². The molecule has 0 radical (unpaired) electrons. The average Bonchev–Trinajstić information content (AvgIpc) is 3.21. The molecule has 1 aliphatic rings. The molecule has 0 atom stereocenters. The van der Waals surface area contributed by atoms with Crippen LogP contribution in [0.25, 0.3) is 10.9 Å². The van der Waals surface area contributed by atoms with Gasteiger partial charge in [0.1, 0.15) is 5.69 Å². The van der Waals surface area contributed by atoms with Crippen molar-refractivity contribution in [2.45, 2.75) is 39.5 Å². The average molecular weight is 341 g/mol. The van der Waals surface area contributed by atoms with E-state index < -0.39 is 0 Å². The van der Waals surface area contributed by atoms with Gasteiger partial charge in [-0.3, -0.25) is 9.59 Å². The standard InChI is InChI=1S/C20H27N3O2/c1-13(2)12-21-20(25)18-11-15-10-16(8-9-17(15)23(18)3)22-19(24)14-6-4-5-7-14/h8-11,13-14H,4-7,12H2,1-3H3,(H,21,25)(H,22,24). The Morgan fingerprint density at radius 1 is 1.20 bits per heavy atom. The SMILES string of the molecule is CC(C)CNC(=O)c1cc2cc(NC(=O)C3CCCC3)ccc2n1C. The molecule has 2 N–H and O–H groups in total. The molecule has 134 valence electrons. The van der Waals surface area contributed by atoms with E-state index in [-0.39, 0.29) is 17.7 Å². The summed E-state index contributed by atoms with van der Waals surface area (Å²) in [4.78, 5) is 24.7. The van der Waals surface area contributed by atoms with Gasteiger partial charge in [-0.15, -0.1) is 0 Å². The summed E-state index contributed by atoms with van der Waals surface area (Å²) in [6, 6.07) is 7.70. The summed E-state index contributed by atoms with van der Waals surface area (Å²) in [5.74, 6) is 0.603. The number of carbonyl (C=O) groups excluding carboxylic acids is 2. The number of rotatable bonds is 5. The fourth-order valence-corrected chi connectivity index (χ4v) is 3.46. The van der Waals surface area contributed by atoms with Crippen LogP contribution in [0.2, 0.25) is 0 Å². The van der Waals surface area contributed by atoms with E-state index in [4.69, 9.17) is 0 Å². The van der Waals surface area contributed by atoms with Gasteiger partial charge in [0.2, 0.25) is 5.91 Å². The largest absolute Gasteiger partial charge is 0.351 e. The maximum absolute atomic E-state index is 12.4. The van der Waals surface area contributed by atoms with Crippen molar-refractivity contribution in [2.24, 2.45) is 18.9 Å². The molecule has 0 aliphatic heterocycles. The van der Waals surface area contributed by atoms with Gasteiger partial charge < -0.3 is 15.2 Å². The first-order valence-corrected chi connectivity index (χ1v) is 9.14. The van der Waals surface area contributed by atoms with Gasteiger partial charge in [0.05, 0.1) is 0 Å². The minimum atomic E-state index is -0.0658. The number of hydrogen-bond donors (Lipinski definition) is 2. The molecule has 1 aliphatic carbocycles. The number of amides is 2. The molecule has 0 spiro atoms. The first-order valence-electron chi connectivity index (χ1n) is 9.14. The number of nitrogens with one attached hydrogen (secondary N) is 2. The Kier molecular flexibility index (Phi) is 5.11. The molecule has 25 heavy (non-hydrogen) atoms. The number of fused-ring (bicyclic) bond motifs is 1. The number of carbonyl (C=O) groups is 2. The van der Waals surface area contributed by atoms with E-state index in [1.54, 1.807) is 0 Å². The van der Waals surface area contributed by atoms with Crippen LogP contribution in [-0.2, 0) is 11.8 Å². The number of anilines is 1. The highest BCUT2D eigenvalue weighted by Crippen LogP contribution is 2.27. The lowest BCUT2D eigenvalue weighted by molar-refractivity contribution is -0.119. The van der Waals surface area contributed by atoms with Crippen LogP contribution < -0.4 is 10.6 Å². The Balaban J connectivity index is 1.78. The fourth-order valence-electron chi connectivity index (χ4n) is 3.46. The van der Waals surface area contributed by atoms with Gasteiger partial charge in [0, 0.05) is 36.1 Å². The number of aromatic nitrogens is 1. The van der Waals surface area contributed by atoms with E-state index >= 15 is 0 Å². The Morgan fingerprint density at radius 3 is 2.60 bits per heavy atom. The minimum Gasteiger partial charge on any atom is -0.351 e. The van der Waals surface area contributed by atoms with Crippen LogP contribution in [0.4, 0.5) is 5.69 Å². The first-order chi connectivity index (χ1) is 12.0. The van der Waals surface area contributed by atoms with Crippen molar-refractivity contribution in [1.29, 1.82) is 0 Å². The van der Waals surface area contributed by atoms with Crippen LogP contribution in [0.3, 0.4) is 0 Å². The zero-order chi connectivity index (χ0) is 18.0. The predicted octanol–water partition coefficient (Wildman–Crippen LogP) is 3.69. The van der Waals surface area contributed by atoms with E-state index in [1.165, 1.54) is 0 Å². The molecule has 0 bridgehead atoms. The summed E-state index contributed by atoms with van der Waals surface area (Å²) in [7, 11) is 1.89. The Morgan fingerprint density at radius 2 is 1.92 bits per heavy atom. The van der Waals surface area contributed by atoms with Crippen molar-refractivity contribution < 1.29 is 9.59 Å². The summed E-state index contributed by atoms with van der Waals surface area (Å²) >= 11 is 0. The molecule has 1 heterocycles. The van der Waals surface area contributed by atoms with E-state index in [2.05, 4.69) is 24.5 Å². The summed E-state index contributed by atoms with van der Waals surface area (Å²) < 4.78 is 1.90. The molecule has 5 heteroatoms. The van der Waals surface area contributed by atoms with Gasteiger partial charge in [0.25, 0.3) is 5.91 Å². The normalized spacial score (nSPS) is 15.0. The molecule has 2 aromatic rings. The van der Waals surface area contributed by atoms with E-state index in [1.807, 2.05) is 35.9 Å². The lowest BCUT2D eigenvalue weighted by Gasteiger charge is -2.10. The maximum Gasteiger partial charge on any atom is 0.267 e. The predicted molar refractivity (Wildman–Crippen MR) is 101 cm³/mol. The topological polar surface area (TPSA) is 63.1 Å².